The van der Waals surface area contributed by atoms with Crippen LogP contribution in [0, 0.1) is 0 Å². The molecule has 0 amide bonds. The highest BCUT2D eigenvalue weighted by molar-refractivity contribution is 7.14. The van der Waals surface area contributed by atoms with Crippen LogP contribution in [-0.4, -0.2) is 23.2 Å². The third kappa shape index (κ3) is 3.80. The van der Waals surface area contributed by atoms with Gasteiger partial charge < -0.3 is 9.84 Å². The van der Waals surface area contributed by atoms with Crippen LogP contribution in [0.1, 0.15) is 29.9 Å². The SMILES string of the molecule is COC(=O)c1ccc(-c2cc(-c3ccnc(C(C)(C)O)c3)cs2)c(Cl)c1. The summed E-state index contributed by atoms with van der Waals surface area (Å²) in [6.07, 6.45) is 1.69. The summed E-state index contributed by atoms with van der Waals surface area (Å²) in [6, 6.07) is 11.0. The Morgan fingerprint density at radius 2 is 1.96 bits per heavy atom. The van der Waals surface area contributed by atoms with Crippen molar-refractivity contribution >= 4 is 28.9 Å². The van der Waals surface area contributed by atoms with E-state index in [0.29, 0.717) is 16.3 Å². The molecule has 0 unspecified atom stereocenters. The highest BCUT2D eigenvalue weighted by Gasteiger charge is 2.18. The Morgan fingerprint density at radius 3 is 2.62 bits per heavy atom. The van der Waals surface area contributed by atoms with E-state index in [1.165, 1.54) is 7.11 Å². The van der Waals surface area contributed by atoms with E-state index in [0.717, 1.165) is 21.6 Å². The zero-order valence-electron chi connectivity index (χ0n) is 14.6. The average molecular weight is 388 g/mol. The lowest BCUT2D eigenvalue weighted by Gasteiger charge is -2.16. The molecule has 0 bridgehead atoms. The maximum Gasteiger partial charge on any atom is 0.337 e. The van der Waals surface area contributed by atoms with Crippen LogP contribution in [0.5, 0.6) is 0 Å². The van der Waals surface area contributed by atoms with E-state index in [2.05, 4.69) is 4.98 Å². The van der Waals surface area contributed by atoms with Crippen molar-refractivity contribution < 1.29 is 14.6 Å². The number of thiophene rings is 1. The van der Waals surface area contributed by atoms with Crippen molar-refractivity contribution in [2.45, 2.75) is 19.4 Å². The molecule has 4 nitrogen and oxygen atoms in total. The molecule has 3 aromatic rings. The number of methoxy groups -OCH3 is 1. The molecule has 0 fully saturated rings. The predicted molar refractivity (Wildman–Crippen MR) is 105 cm³/mol. The van der Waals surface area contributed by atoms with Gasteiger partial charge in [-0.3, -0.25) is 4.98 Å². The Labute approximate surface area is 161 Å². The average Bonchev–Trinajstić information content (AvgIpc) is 3.10. The van der Waals surface area contributed by atoms with Crippen LogP contribution in [0.4, 0.5) is 0 Å². The molecule has 2 heterocycles. The summed E-state index contributed by atoms with van der Waals surface area (Å²) in [4.78, 5) is 16.8. The number of benzene rings is 1. The van der Waals surface area contributed by atoms with Gasteiger partial charge in [0.15, 0.2) is 0 Å². The highest BCUT2D eigenvalue weighted by Crippen LogP contribution is 2.37. The molecule has 26 heavy (non-hydrogen) atoms. The Balaban J connectivity index is 1.95. The van der Waals surface area contributed by atoms with Crippen LogP contribution >= 0.6 is 22.9 Å². The first-order chi connectivity index (χ1) is 12.3. The molecule has 6 heteroatoms. The van der Waals surface area contributed by atoms with Gasteiger partial charge in [-0.25, -0.2) is 4.79 Å². The highest BCUT2D eigenvalue weighted by atomic mass is 35.5. The van der Waals surface area contributed by atoms with Crippen LogP contribution in [0.3, 0.4) is 0 Å². The van der Waals surface area contributed by atoms with Gasteiger partial charge in [0.2, 0.25) is 0 Å². The Hall–Kier alpha value is -2.21. The van der Waals surface area contributed by atoms with Gasteiger partial charge >= 0.3 is 5.97 Å². The fraction of sp³-hybridized carbons (Fsp3) is 0.200. The Morgan fingerprint density at radius 1 is 1.19 bits per heavy atom. The van der Waals surface area contributed by atoms with Crippen molar-refractivity contribution in [2.75, 3.05) is 7.11 Å². The molecule has 2 aromatic heterocycles. The van der Waals surface area contributed by atoms with Crippen molar-refractivity contribution in [3.05, 3.63) is 64.3 Å². The molecule has 1 N–H and O–H groups in total. The largest absolute Gasteiger partial charge is 0.465 e. The van der Waals surface area contributed by atoms with Gasteiger partial charge in [-0.2, -0.15) is 0 Å². The number of aromatic nitrogens is 1. The second kappa shape index (κ2) is 7.19. The van der Waals surface area contributed by atoms with Crippen molar-refractivity contribution in [3.8, 4) is 21.6 Å². The lowest BCUT2D eigenvalue weighted by molar-refractivity contribution is 0.0600. The number of aliphatic hydroxyl groups is 1. The number of ether oxygens (including phenoxy) is 1. The molecule has 134 valence electrons. The van der Waals surface area contributed by atoms with Gasteiger partial charge in [0, 0.05) is 16.6 Å². The Kier molecular flexibility index (Phi) is 5.14. The second-order valence-electron chi connectivity index (χ2n) is 6.37. The second-order valence-corrected chi connectivity index (χ2v) is 7.69. The van der Waals surface area contributed by atoms with Gasteiger partial charge in [-0.05, 0) is 60.7 Å². The van der Waals surface area contributed by atoms with E-state index in [9.17, 15) is 9.90 Å². The van der Waals surface area contributed by atoms with Gasteiger partial charge in [0.05, 0.1) is 23.4 Å². The number of hydrogen-bond acceptors (Lipinski definition) is 5. The summed E-state index contributed by atoms with van der Waals surface area (Å²) in [7, 11) is 1.34. The first-order valence-corrected chi connectivity index (χ1v) is 9.21. The van der Waals surface area contributed by atoms with Gasteiger partial charge in [0.1, 0.15) is 5.60 Å². The molecule has 0 spiro atoms. The van der Waals surface area contributed by atoms with E-state index in [1.54, 1.807) is 43.5 Å². The molecule has 0 radical (unpaired) electrons. The lowest BCUT2D eigenvalue weighted by Crippen LogP contribution is -2.17. The summed E-state index contributed by atoms with van der Waals surface area (Å²) in [5.41, 5.74) is 2.88. The van der Waals surface area contributed by atoms with Gasteiger partial charge in [-0.15, -0.1) is 11.3 Å². The maximum absolute atomic E-state index is 11.6. The molecule has 0 aliphatic heterocycles. The summed E-state index contributed by atoms with van der Waals surface area (Å²) in [5, 5.41) is 12.7. The molecule has 3 rings (SSSR count). The molecular weight excluding hydrogens is 370 g/mol. The van der Waals surface area contributed by atoms with Gasteiger partial charge in [-0.1, -0.05) is 17.7 Å². The molecule has 1 aromatic carbocycles. The molecular formula is C20H18ClNO3S. The van der Waals surface area contributed by atoms with Crippen LogP contribution in [0.25, 0.3) is 21.6 Å². The number of hydrogen-bond donors (Lipinski definition) is 1. The third-order valence-corrected chi connectivity index (χ3v) is 5.25. The number of esters is 1. The number of nitrogens with zero attached hydrogens (tertiary/aromatic N) is 1. The number of pyridine rings is 1. The summed E-state index contributed by atoms with van der Waals surface area (Å²) in [5.74, 6) is -0.416. The minimum Gasteiger partial charge on any atom is -0.465 e. The van der Waals surface area contributed by atoms with Crippen LogP contribution in [0.2, 0.25) is 5.02 Å². The van der Waals surface area contributed by atoms with Crippen molar-refractivity contribution in [2.24, 2.45) is 0 Å². The first kappa shape index (κ1) is 18.6. The molecule has 0 saturated heterocycles. The summed E-state index contributed by atoms with van der Waals surface area (Å²) < 4.78 is 4.72. The minimum absolute atomic E-state index is 0.416. The fourth-order valence-corrected chi connectivity index (χ4v) is 3.83. The number of carbonyl (C=O) groups is 1. The topological polar surface area (TPSA) is 59.4 Å². The normalized spacial score (nSPS) is 11.4. The first-order valence-electron chi connectivity index (χ1n) is 7.95. The van der Waals surface area contributed by atoms with E-state index in [4.69, 9.17) is 16.3 Å². The van der Waals surface area contributed by atoms with Crippen LogP contribution in [-0.2, 0) is 10.3 Å². The van der Waals surface area contributed by atoms with Crippen molar-refractivity contribution in [1.82, 2.24) is 4.98 Å². The monoisotopic (exact) mass is 387 g/mol. The van der Waals surface area contributed by atoms with E-state index >= 15 is 0 Å². The van der Waals surface area contributed by atoms with E-state index in [1.807, 2.05) is 29.6 Å². The quantitative estimate of drug-likeness (QED) is 0.629. The number of carbonyl (C=O) groups excluding carboxylic acids is 1. The zero-order valence-corrected chi connectivity index (χ0v) is 16.2. The van der Waals surface area contributed by atoms with Gasteiger partial charge in [0.25, 0.3) is 0 Å². The van der Waals surface area contributed by atoms with E-state index < -0.39 is 11.6 Å². The zero-order chi connectivity index (χ0) is 18.9. The summed E-state index contributed by atoms with van der Waals surface area (Å²) >= 11 is 7.92. The smallest absolute Gasteiger partial charge is 0.337 e. The molecule has 0 atom stereocenters. The molecule has 0 aliphatic carbocycles. The van der Waals surface area contributed by atoms with E-state index in [-0.39, 0.29) is 0 Å². The molecule has 0 saturated carbocycles. The maximum atomic E-state index is 11.6. The van der Waals surface area contributed by atoms with Crippen LogP contribution < -0.4 is 0 Å². The fourth-order valence-electron chi connectivity index (χ4n) is 2.53. The molecule has 0 aliphatic rings. The number of rotatable bonds is 4. The summed E-state index contributed by atoms with van der Waals surface area (Å²) in [6.45, 7) is 3.42. The minimum atomic E-state index is -0.998. The lowest BCUT2D eigenvalue weighted by atomic mass is 10.0. The Bertz CT molecular complexity index is 960. The van der Waals surface area contributed by atoms with Crippen molar-refractivity contribution in [3.63, 3.8) is 0 Å². The number of halogens is 1. The predicted octanol–water partition coefficient (Wildman–Crippen LogP) is 5.14. The van der Waals surface area contributed by atoms with Crippen LogP contribution in [0.15, 0.2) is 48.0 Å². The third-order valence-electron chi connectivity index (χ3n) is 3.98. The standard InChI is InChI=1S/C20H18ClNO3S/c1-20(2,24)18-10-12(6-7-22-18)14-9-17(26-11-14)15-5-4-13(8-16(15)21)19(23)25-3/h4-11,24H,1-3H3. The van der Waals surface area contributed by atoms with Crippen molar-refractivity contribution in [1.29, 1.82) is 0 Å².